The number of hydrogen-bond donors (Lipinski definition) is 1. The Hall–Kier alpha value is -3.02. The van der Waals surface area contributed by atoms with E-state index in [0.29, 0.717) is 17.2 Å². The Kier molecular flexibility index (Phi) is 7.26. The van der Waals surface area contributed by atoms with Crippen LogP contribution in [0.3, 0.4) is 0 Å². The van der Waals surface area contributed by atoms with Crippen LogP contribution in [0.2, 0.25) is 0 Å². The van der Waals surface area contributed by atoms with E-state index >= 15 is 0 Å². The second-order valence-electron chi connectivity index (χ2n) is 7.80. The number of nitrogens with one attached hydrogen (secondary N) is 1. The molecule has 0 aromatic heterocycles. The Labute approximate surface area is 172 Å². The van der Waals surface area contributed by atoms with E-state index in [2.05, 4.69) is 26.1 Å². The quantitative estimate of drug-likeness (QED) is 0.702. The zero-order valence-corrected chi connectivity index (χ0v) is 17.8. The molecule has 0 heterocycles. The van der Waals surface area contributed by atoms with Gasteiger partial charge in [0.15, 0.2) is 12.2 Å². The van der Waals surface area contributed by atoms with E-state index in [-0.39, 0.29) is 5.41 Å². The number of hydrogen-bond acceptors (Lipinski definition) is 5. The van der Waals surface area contributed by atoms with Crippen molar-refractivity contribution in [1.82, 2.24) is 0 Å². The molecule has 6 nitrogen and oxygen atoms in total. The standard InChI is InChI=1S/C23H29NO5/c1-15(21(25)24-19-9-7-8-10-20(19)27-6)29-22(26)16(2)28-18-13-11-17(12-14-18)23(3,4)5/h7-16H,1-6H3,(H,24,25)/t15-,16-/m1/s1. The van der Waals surface area contributed by atoms with Gasteiger partial charge in [0.2, 0.25) is 0 Å². The zero-order chi connectivity index (χ0) is 21.6. The zero-order valence-electron chi connectivity index (χ0n) is 17.8. The van der Waals surface area contributed by atoms with Gasteiger partial charge in [-0.05, 0) is 49.1 Å². The first-order valence-corrected chi connectivity index (χ1v) is 9.53. The van der Waals surface area contributed by atoms with Gasteiger partial charge in [-0.2, -0.15) is 0 Å². The van der Waals surface area contributed by atoms with Crippen molar-refractivity contribution in [2.24, 2.45) is 0 Å². The summed E-state index contributed by atoms with van der Waals surface area (Å²) in [4.78, 5) is 24.7. The molecule has 0 fully saturated rings. The van der Waals surface area contributed by atoms with Crippen molar-refractivity contribution < 1.29 is 23.8 Å². The molecule has 0 aliphatic rings. The Morgan fingerprint density at radius 1 is 0.931 bits per heavy atom. The van der Waals surface area contributed by atoms with Crippen LogP contribution in [0.1, 0.15) is 40.2 Å². The Bertz CT molecular complexity index is 839. The van der Waals surface area contributed by atoms with Crippen LogP contribution in [0.4, 0.5) is 5.69 Å². The molecule has 2 aromatic rings. The molecule has 2 rings (SSSR count). The molecule has 2 aromatic carbocycles. The van der Waals surface area contributed by atoms with E-state index in [1.807, 2.05) is 24.3 Å². The van der Waals surface area contributed by atoms with E-state index in [9.17, 15) is 9.59 Å². The maximum Gasteiger partial charge on any atom is 0.347 e. The predicted molar refractivity (Wildman–Crippen MR) is 112 cm³/mol. The van der Waals surface area contributed by atoms with Crippen LogP contribution >= 0.6 is 0 Å². The number of ether oxygens (including phenoxy) is 3. The van der Waals surface area contributed by atoms with Crippen molar-refractivity contribution in [3.05, 3.63) is 54.1 Å². The highest BCUT2D eigenvalue weighted by Gasteiger charge is 2.24. The minimum Gasteiger partial charge on any atom is -0.495 e. The Balaban J connectivity index is 1.92. The van der Waals surface area contributed by atoms with Gasteiger partial charge in [-0.3, -0.25) is 4.79 Å². The fourth-order valence-corrected chi connectivity index (χ4v) is 2.59. The number of anilines is 1. The summed E-state index contributed by atoms with van der Waals surface area (Å²) in [6.07, 6.45) is -1.83. The molecule has 0 aliphatic heterocycles. The van der Waals surface area contributed by atoms with E-state index in [1.165, 1.54) is 19.6 Å². The first-order chi connectivity index (χ1) is 13.6. The van der Waals surface area contributed by atoms with Gasteiger partial charge in [0.05, 0.1) is 12.8 Å². The SMILES string of the molecule is COc1ccccc1NC(=O)[C@@H](C)OC(=O)[C@@H](C)Oc1ccc(C(C)(C)C)cc1. The van der Waals surface area contributed by atoms with Crippen LogP contribution in [0, 0.1) is 0 Å². The van der Waals surface area contributed by atoms with E-state index in [4.69, 9.17) is 14.2 Å². The highest BCUT2D eigenvalue weighted by Crippen LogP contribution is 2.25. The lowest BCUT2D eigenvalue weighted by atomic mass is 9.87. The molecular formula is C23H29NO5. The molecule has 0 saturated carbocycles. The third kappa shape index (κ3) is 6.24. The highest BCUT2D eigenvalue weighted by molar-refractivity contribution is 5.96. The van der Waals surface area contributed by atoms with Crippen LogP contribution in [0.25, 0.3) is 0 Å². The maximum absolute atomic E-state index is 12.3. The summed E-state index contributed by atoms with van der Waals surface area (Å²) in [5, 5.41) is 2.69. The van der Waals surface area contributed by atoms with Crippen molar-refractivity contribution in [2.75, 3.05) is 12.4 Å². The van der Waals surface area contributed by atoms with Gasteiger partial charge >= 0.3 is 5.97 Å². The molecular weight excluding hydrogens is 370 g/mol. The number of para-hydroxylation sites is 2. The van der Waals surface area contributed by atoms with E-state index < -0.39 is 24.1 Å². The molecule has 1 amide bonds. The summed E-state index contributed by atoms with van der Waals surface area (Å²) >= 11 is 0. The van der Waals surface area contributed by atoms with Gasteiger partial charge in [-0.1, -0.05) is 45.0 Å². The van der Waals surface area contributed by atoms with Crippen LogP contribution < -0.4 is 14.8 Å². The average Bonchev–Trinajstić information content (AvgIpc) is 2.67. The molecule has 1 N–H and O–H groups in total. The Morgan fingerprint density at radius 3 is 2.14 bits per heavy atom. The van der Waals surface area contributed by atoms with Crippen LogP contribution in [0.15, 0.2) is 48.5 Å². The number of carbonyl (C=O) groups is 2. The van der Waals surface area contributed by atoms with Crippen molar-refractivity contribution >= 4 is 17.6 Å². The number of methoxy groups -OCH3 is 1. The topological polar surface area (TPSA) is 73.9 Å². The lowest BCUT2D eigenvalue weighted by Gasteiger charge is -2.20. The smallest absolute Gasteiger partial charge is 0.347 e. The average molecular weight is 399 g/mol. The molecule has 0 aliphatic carbocycles. The minimum absolute atomic E-state index is 0.0350. The highest BCUT2D eigenvalue weighted by atomic mass is 16.6. The second kappa shape index (κ2) is 9.45. The first-order valence-electron chi connectivity index (χ1n) is 9.53. The maximum atomic E-state index is 12.3. The van der Waals surface area contributed by atoms with Gasteiger partial charge in [0.1, 0.15) is 11.5 Å². The van der Waals surface area contributed by atoms with E-state index in [1.54, 1.807) is 31.2 Å². The summed E-state index contributed by atoms with van der Waals surface area (Å²) < 4.78 is 16.1. The fourth-order valence-electron chi connectivity index (χ4n) is 2.59. The summed E-state index contributed by atoms with van der Waals surface area (Å²) in [5.74, 6) is 0.0144. The van der Waals surface area contributed by atoms with Crippen molar-refractivity contribution in [3.63, 3.8) is 0 Å². The molecule has 0 saturated heterocycles. The second-order valence-corrected chi connectivity index (χ2v) is 7.80. The van der Waals surface area contributed by atoms with Crippen LogP contribution in [0.5, 0.6) is 11.5 Å². The van der Waals surface area contributed by atoms with Crippen LogP contribution in [-0.4, -0.2) is 31.2 Å². The molecule has 156 valence electrons. The van der Waals surface area contributed by atoms with Crippen LogP contribution in [-0.2, 0) is 19.7 Å². The van der Waals surface area contributed by atoms with Gasteiger partial charge in [-0.25, -0.2) is 4.79 Å². The normalized spacial score (nSPS) is 13.2. The van der Waals surface area contributed by atoms with Gasteiger partial charge < -0.3 is 19.5 Å². The summed E-state index contributed by atoms with van der Waals surface area (Å²) in [6, 6.07) is 14.6. The molecule has 0 spiro atoms. The number of benzene rings is 2. The molecule has 0 radical (unpaired) electrons. The predicted octanol–water partition coefficient (Wildman–Crippen LogP) is 4.33. The molecule has 0 unspecified atom stereocenters. The molecule has 6 heteroatoms. The number of amides is 1. The van der Waals surface area contributed by atoms with Crippen molar-refractivity contribution in [2.45, 2.75) is 52.2 Å². The molecule has 29 heavy (non-hydrogen) atoms. The summed E-state index contributed by atoms with van der Waals surface area (Å²) in [6.45, 7) is 9.47. The number of rotatable bonds is 7. The van der Waals surface area contributed by atoms with Gasteiger partial charge in [-0.15, -0.1) is 0 Å². The summed E-state index contributed by atoms with van der Waals surface area (Å²) in [5.41, 5.74) is 1.71. The first kappa shape index (κ1) is 22.3. The fraction of sp³-hybridized carbons (Fsp3) is 0.391. The third-order valence-corrected chi connectivity index (χ3v) is 4.39. The largest absolute Gasteiger partial charge is 0.495 e. The number of carbonyl (C=O) groups excluding carboxylic acids is 2. The van der Waals surface area contributed by atoms with Crippen molar-refractivity contribution in [3.8, 4) is 11.5 Å². The minimum atomic E-state index is -0.985. The van der Waals surface area contributed by atoms with E-state index in [0.717, 1.165) is 0 Å². The lowest BCUT2D eigenvalue weighted by Crippen LogP contribution is -2.35. The van der Waals surface area contributed by atoms with Gasteiger partial charge in [0.25, 0.3) is 5.91 Å². The number of esters is 1. The Morgan fingerprint density at radius 2 is 1.55 bits per heavy atom. The third-order valence-electron chi connectivity index (χ3n) is 4.39. The van der Waals surface area contributed by atoms with Crippen molar-refractivity contribution in [1.29, 1.82) is 0 Å². The summed E-state index contributed by atoms with van der Waals surface area (Å²) in [7, 11) is 1.52. The molecule has 0 bridgehead atoms. The monoisotopic (exact) mass is 399 g/mol. The lowest BCUT2D eigenvalue weighted by molar-refractivity contribution is -0.159. The molecule has 2 atom stereocenters. The van der Waals surface area contributed by atoms with Gasteiger partial charge in [0, 0.05) is 0 Å².